The Balaban J connectivity index is 2.12. The van der Waals surface area contributed by atoms with Crippen LogP contribution in [0.1, 0.15) is 5.56 Å². The molecular formula is C17H11NO4S. The molecule has 5 nitrogen and oxygen atoms in total. The molecule has 0 fully saturated rings. The summed E-state index contributed by atoms with van der Waals surface area (Å²) in [5.74, 6) is 0.566. The van der Waals surface area contributed by atoms with Crippen molar-refractivity contribution >= 4 is 21.8 Å². The first kappa shape index (κ1) is 15.0. The van der Waals surface area contributed by atoms with Crippen LogP contribution in [0, 0.1) is 11.3 Å². The second-order valence-corrected chi connectivity index (χ2v) is 6.16. The van der Waals surface area contributed by atoms with E-state index in [9.17, 15) is 9.00 Å². The van der Waals surface area contributed by atoms with E-state index in [1.165, 1.54) is 19.2 Å². The number of rotatable bonds is 3. The molecule has 0 aliphatic carbocycles. The van der Waals surface area contributed by atoms with Crippen molar-refractivity contribution in [3.63, 3.8) is 0 Å². The highest BCUT2D eigenvalue weighted by Crippen LogP contribution is 2.23. The summed E-state index contributed by atoms with van der Waals surface area (Å²) in [7, 11) is -0.203. The Hall–Kier alpha value is -2.91. The van der Waals surface area contributed by atoms with Gasteiger partial charge in [0.05, 0.1) is 29.5 Å². The van der Waals surface area contributed by atoms with Crippen LogP contribution in [-0.2, 0) is 10.8 Å². The molecule has 6 heteroatoms. The predicted octanol–water partition coefficient (Wildman–Crippen LogP) is 2.84. The lowest BCUT2D eigenvalue weighted by Gasteiger charge is -2.05. The fourth-order valence-electron chi connectivity index (χ4n) is 2.14. The minimum Gasteiger partial charge on any atom is -0.497 e. The van der Waals surface area contributed by atoms with Gasteiger partial charge in [0, 0.05) is 16.3 Å². The molecule has 1 atom stereocenters. The van der Waals surface area contributed by atoms with Crippen molar-refractivity contribution < 1.29 is 13.4 Å². The molecule has 0 radical (unpaired) electrons. The monoisotopic (exact) mass is 325 g/mol. The Morgan fingerprint density at radius 3 is 2.74 bits per heavy atom. The predicted molar refractivity (Wildman–Crippen MR) is 84.9 cm³/mol. The Morgan fingerprint density at radius 1 is 1.17 bits per heavy atom. The summed E-state index contributed by atoms with van der Waals surface area (Å²) < 4.78 is 22.9. The number of nitriles is 1. The number of nitrogens with zero attached hydrogens (tertiary/aromatic N) is 1. The van der Waals surface area contributed by atoms with Gasteiger partial charge in [0.25, 0.3) is 0 Å². The quantitative estimate of drug-likeness (QED) is 0.692. The third-order valence-corrected chi connectivity index (χ3v) is 4.65. The van der Waals surface area contributed by atoms with Gasteiger partial charge in [-0.2, -0.15) is 5.26 Å². The van der Waals surface area contributed by atoms with E-state index in [2.05, 4.69) is 0 Å². The summed E-state index contributed by atoms with van der Waals surface area (Å²) in [4.78, 5) is 12.6. The zero-order valence-electron chi connectivity index (χ0n) is 12.1. The topological polar surface area (TPSA) is 80.3 Å². The summed E-state index contributed by atoms with van der Waals surface area (Å²) >= 11 is 0. The van der Waals surface area contributed by atoms with E-state index >= 15 is 0 Å². The van der Waals surface area contributed by atoms with Crippen molar-refractivity contribution in [2.45, 2.75) is 9.79 Å². The van der Waals surface area contributed by atoms with Crippen LogP contribution < -0.4 is 10.4 Å². The average molecular weight is 325 g/mol. The molecule has 0 bridgehead atoms. The number of hydrogen-bond acceptors (Lipinski definition) is 5. The van der Waals surface area contributed by atoms with Gasteiger partial charge in [0.2, 0.25) is 0 Å². The first-order valence-corrected chi connectivity index (χ1v) is 7.81. The molecule has 0 aliphatic rings. The van der Waals surface area contributed by atoms with E-state index < -0.39 is 16.4 Å². The van der Waals surface area contributed by atoms with Crippen LogP contribution in [0.2, 0.25) is 0 Å². The van der Waals surface area contributed by atoms with Crippen LogP contribution in [0.15, 0.2) is 67.5 Å². The molecule has 0 spiro atoms. The largest absolute Gasteiger partial charge is 0.497 e. The SMILES string of the molecule is COc1ccc2cc(S(=O)c3cccc(C#N)c3)c(=O)oc2c1. The Labute approximate surface area is 134 Å². The van der Waals surface area contributed by atoms with E-state index in [0.29, 0.717) is 27.2 Å². The molecule has 23 heavy (non-hydrogen) atoms. The van der Waals surface area contributed by atoms with Crippen molar-refractivity contribution in [2.24, 2.45) is 0 Å². The molecule has 3 aromatic rings. The van der Waals surface area contributed by atoms with E-state index in [1.807, 2.05) is 6.07 Å². The van der Waals surface area contributed by atoms with E-state index in [1.54, 1.807) is 36.4 Å². The summed E-state index contributed by atoms with van der Waals surface area (Å²) in [5, 5.41) is 9.56. The van der Waals surface area contributed by atoms with Gasteiger partial charge in [0.1, 0.15) is 16.2 Å². The molecule has 0 aliphatic heterocycles. The highest BCUT2D eigenvalue weighted by atomic mass is 32.2. The first-order chi connectivity index (χ1) is 11.1. The molecule has 3 rings (SSSR count). The van der Waals surface area contributed by atoms with Gasteiger partial charge in [-0.15, -0.1) is 0 Å². The fraction of sp³-hybridized carbons (Fsp3) is 0.0588. The second-order valence-electron chi connectivity index (χ2n) is 4.71. The molecule has 0 N–H and O–H groups in total. The Morgan fingerprint density at radius 2 is 2.00 bits per heavy atom. The lowest BCUT2D eigenvalue weighted by Crippen LogP contribution is -2.09. The lowest BCUT2D eigenvalue weighted by molar-refractivity contribution is 0.414. The highest BCUT2D eigenvalue weighted by Gasteiger charge is 2.15. The van der Waals surface area contributed by atoms with Crippen molar-refractivity contribution in [3.8, 4) is 11.8 Å². The summed E-state index contributed by atoms with van der Waals surface area (Å²) in [5.41, 5.74) is 0.0677. The van der Waals surface area contributed by atoms with Crippen LogP contribution >= 0.6 is 0 Å². The fourth-order valence-corrected chi connectivity index (χ4v) is 3.25. The van der Waals surface area contributed by atoms with Gasteiger partial charge in [-0.25, -0.2) is 9.00 Å². The maximum absolute atomic E-state index is 12.6. The molecule has 0 saturated carbocycles. The number of fused-ring (bicyclic) bond motifs is 1. The van der Waals surface area contributed by atoms with Gasteiger partial charge < -0.3 is 9.15 Å². The number of methoxy groups -OCH3 is 1. The number of hydrogen-bond donors (Lipinski definition) is 0. The molecule has 114 valence electrons. The van der Waals surface area contributed by atoms with Crippen molar-refractivity contribution in [1.29, 1.82) is 5.26 Å². The molecule has 0 amide bonds. The first-order valence-electron chi connectivity index (χ1n) is 6.66. The van der Waals surface area contributed by atoms with Crippen molar-refractivity contribution in [2.75, 3.05) is 7.11 Å². The van der Waals surface area contributed by atoms with Crippen molar-refractivity contribution in [3.05, 3.63) is 64.5 Å². The van der Waals surface area contributed by atoms with E-state index in [-0.39, 0.29) is 4.90 Å². The smallest absolute Gasteiger partial charge is 0.353 e. The summed E-state index contributed by atoms with van der Waals surface area (Å²) in [6.45, 7) is 0. The lowest BCUT2D eigenvalue weighted by atomic mass is 10.2. The molecule has 1 heterocycles. The Bertz CT molecular complexity index is 1020. The minimum absolute atomic E-state index is 0.0396. The van der Waals surface area contributed by atoms with Crippen LogP contribution in [-0.4, -0.2) is 11.3 Å². The molecule has 1 unspecified atom stereocenters. The van der Waals surface area contributed by atoms with E-state index in [0.717, 1.165) is 0 Å². The van der Waals surface area contributed by atoms with Crippen LogP contribution in [0.25, 0.3) is 11.0 Å². The normalized spacial score (nSPS) is 11.8. The van der Waals surface area contributed by atoms with Crippen LogP contribution in [0.5, 0.6) is 5.75 Å². The second kappa shape index (κ2) is 6.07. The number of ether oxygens (including phenoxy) is 1. The Kier molecular flexibility index (Phi) is 3.96. The highest BCUT2D eigenvalue weighted by molar-refractivity contribution is 7.85. The molecule has 2 aromatic carbocycles. The zero-order valence-corrected chi connectivity index (χ0v) is 12.9. The summed E-state index contributed by atoms with van der Waals surface area (Å²) in [6.07, 6.45) is 0. The van der Waals surface area contributed by atoms with Gasteiger partial charge in [-0.1, -0.05) is 6.07 Å². The standard InChI is InChI=1S/C17H11NO4S/c1-21-13-6-5-12-8-16(17(19)22-15(12)9-13)23(20)14-4-2-3-11(7-14)10-18/h2-9H,1H3. The van der Waals surface area contributed by atoms with Gasteiger partial charge in [0.15, 0.2) is 0 Å². The summed E-state index contributed by atoms with van der Waals surface area (Å²) in [6, 6.07) is 14.9. The van der Waals surface area contributed by atoms with Gasteiger partial charge in [-0.05, 0) is 36.4 Å². The van der Waals surface area contributed by atoms with Gasteiger partial charge in [-0.3, -0.25) is 0 Å². The molecular weight excluding hydrogens is 314 g/mol. The van der Waals surface area contributed by atoms with Crippen LogP contribution in [0.4, 0.5) is 0 Å². The maximum atomic E-state index is 12.6. The van der Waals surface area contributed by atoms with Crippen LogP contribution in [0.3, 0.4) is 0 Å². The molecule has 1 aromatic heterocycles. The maximum Gasteiger partial charge on any atom is 0.353 e. The van der Waals surface area contributed by atoms with Gasteiger partial charge >= 0.3 is 5.63 Å². The van der Waals surface area contributed by atoms with E-state index in [4.69, 9.17) is 14.4 Å². The molecule has 0 saturated heterocycles. The zero-order chi connectivity index (χ0) is 16.4. The average Bonchev–Trinajstić information content (AvgIpc) is 2.60. The third-order valence-electron chi connectivity index (χ3n) is 3.29. The minimum atomic E-state index is -1.72. The van der Waals surface area contributed by atoms with Crippen molar-refractivity contribution in [1.82, 2.24) is 0 Å². The number of benzene rings is 2. The third kappa shape index (κ3) is 2.87.